The molecule has 1 heteroatoms. The van der Waals surface area contributed by atoms with Gasteiger partial charge in [-0.2, -0.15) is 0 Å². The van der Waals surface area contributed by atoms with Crippen molar-refractivity contribution in [3.05, 3.63) is 0 Å². The van der Waals surface area contributed by atoms with Crippen molar-refractivity contribution in [1.29, 1.82) is 0 Å². The van der Waals surface area contributed by atoms with E-state index in [4.69, 9.17) is 0 Å². The Bertz CT molecular complexity index is 38.0. The summed E-state index contributed by atoms with van der Waals surface area (Å²) in [5, 5.41) is 3.27. The Morgan fingerprint density at radius 3 is 1.70 bits per heavy atom. The van der Waals surface area contributed by atoms with Gasteiger partial charge in [0.2, 0.25) is 0 Å². The zero-order valence-electron chi connectivity index (χ0n) is 8.20. The highest BCUT2D eigenvalue weighted by molar-refractivity contribution is 4.65. The largest absolute Gasteiger partial charge is 0.316 e. The Labute approximate surface area is 66.2 Å². The topological polar surface area (TPSA) is 12.0 Å². The molecule has 0 aliphatic carbocycles. The third-order valence-electron chi connectivity index (χ3n) is 1.31. The molecule has 0 aromatic carbocycles. The summed E-state index contributed by atoms with van der Waals surface area (Å²) in [6.45, 7) is 12.8. The zero-order valence-corrected chi connectivity index (χ0v) is 8.20. The molecule has 1 rings (SSSR count). The van der Waals surface area contributed by atoms with Crippen LogP contribution in [0.2, 0.25) is 0 Å². The van der Waals surface area contributed by atoms with Gasteiger partial charge < -0.3 is 5.32 Å². The average Bonchev–Trinajstić information content (AvgIpc) is 2.48. The highest BCUT2D eigenvalue weighted by Crippen LogP contribution is 2.03. The van der Waals surface area contributed by atoms with Gasteiger partial charge >= 0.3 is 0 Å². The second-order valence-electron chi connectivity index (χ2n) is 2.10. The smallest absolute Gasteiger partial charge is 0.00227 e. The van der Waals surface area contributed by atoms with Crippen molar-refractivity contribution >= 4 is 0 Å². The Morgan fingerprint density at radius 2 is 1.60 bits per heavy atom. The molecular formula is C9H23N. The van der Waals surface area contributed by atoms with E-state index >= 15 is 0 Å². The summed E-state index contributed by atoms with van der Waals surface area (Å²) >= 11 is 0. The molecule has 0 bridgehead atoms. The molecule has 1 saturated heterocycles. The van der Waals surface area contributed by atoms with Crippen LogP contribution in [0.4, 0.5) is 0 Å². The molecule has 1 aliphatic heterocycles. The van der Waals surface area contributed by atoms with Crippen molar-refractivity contribution in [1.82, 2.24) is 5.32 Å². The van der Waals surface area contributed by atoms with E-state index in [9.17, 15) is 0 Å². The van der Waals surface area contributed by atoms with E-state index in [0.717, 1.165) is 5.92 Å². The van der Waals surface area contributed by atoms with Gasteiger partial charge in [0, 0.05) is 0 Å². The first kappa shape index (κ1) is 12.6. The molecule has 1 unspecified atom stereocenters. The van der Waals surface area contributed by atoms with Crippen molar-refractivity contribution in [2.24, 2.45) is 5.92 Å². The van der Waals surface area contributed by atoms with Crippen molar-refractivity contribution in [2.75, 3.05) is 13.1 Å². The lowest BCUT2D eigenvalue weighted by molar-refractivity contribution is 0.651. The van der Waals surface area contributed by atoms with Gasteiger partial charge in [0.1, 0.15) is 0 Å². The van der Waals surface area contributed by atoms with Gasteiger partial charge in [-0.1, -0.05) is 34.6 Å². The molecule has 10 heavy (non-hydrogen) atoms. The van der Waals surface area contributed by atoms with E-state index in [-0.39, 0.29) is 0 Å². The fourth-order valence-electron chi connectivity index (χ4n) is 0.799. The number of nitrogens with one attached hydrogen (secondary N) is 1. The predicted molar refractivity (Wildman–Crippen MR) is 49.3 cm³/mol. The Balaban J connectivity index is 0. The fourth-order valence-corrected chi connectivity index (χ4v) is 0.799. The standard InChI is InChI=1S/C5H11N.2C2H6/c1-5-2-3-6-4-5;2*1-2/h5-6H,2-4H2,1H3;2*1-2H3. The van der Waals surface area contributed by atoms with Crippen LogP contribution in [0.3, 0.4) is 0 Å². The minimum atomic E-state index is 0.935. The second-order valence-corrected chi connectivity index (χ2v) is 2.10. The van der Waals surface area contributed by atoms with Crippen molar-refractivity contribution in [3.8, 4) is 0 Å². The summed E-state index contributed by atoms with van der Waals surface area (Å²) in [5.41, 5.74) is 0. The maximum Gasteiger partial charge on any atom is -0.00227 e. The zero-order chi connectivity index (χ0) is 8.41. The third kappa shape index (κ3) is 7.96. The van der Waals surface area contributed by atoms with Crippen molar-refractivity contribution in [2.45, 2.75) is 41.0 Å². The highest BCUT2D eigenvalue weighted by atomic mass is 14.9. The van der Waals surface area contributed by atoms with Crippen LogP contribution >= 0.6 is 0 Å². The number of hydrogen-bond donors (Lipinski definition) is 1. The van der Waals surface area contributed by atoms with Crippen LogP contribution in [0.15, 0.2) is 0 Å². The van der Waals surface area contributed by atoms with Crippen molar-refractivity contribution in [3.63, 3.8) is 0 Å². The van der Waals surface area contributed by atoms with E-state index < -0.39 is 0 Å². The molecule has 0 radical (unpaired) electrons. The molecule has 1 N–H and O–H groups in total. The molecule has 1 nitrogen and oxygen atoms in total. The van der Waals surface area contributed by atoms with Gasteiger partial charge in [-0.25, -0.2) is 0 Å². The normalized spacial score (nSPS) is 21.9. The van der Waals surface area contributed by atoms with Crippen LogP contribution < -0.4 is 5.32 Å². The molecule has 64 valence electrons. The molecule has 1 atom stereocenters. The summed E-state index contributed by atoms with van der Waals surface area (Å²) in [6, 6.07) is 0. The summed E-state index contributed by atoms with van der Waals surface area (Å²) in [5.74, 6) is 0.935. The van der Waals surface area contributed by atoms with Crippen LogP contribution in [0.1, 0.15) is 41.0 Å². The number of rotatable bonds is 0. The Kier molecular flexibility index (Phi) is 14.8. The SMILES string of the molecule is CC.CC.CC1CCNC1. The Morgan fingerprint density at radius 1 is 1.10 bits per heavy atom. The van der Waals surface area contributed by atoms with Gasteiger partial charge in [0.05, 0.1) is 0 Å². The van der Waals surface area contributed by atoms with Crippen molar-refractivity contribution < 1.29 is 0 Å². The quantitative estimate of drug-likeness (QED) is 0.552. The minimum absolute atomic E-state index is 0.935. The van der Waals surface area contributed by atoms with Gasteiger partial charge in [-0.15, -0.1) is 0 Å². The molecule has 0 aromatic heterocycles. The third-order valence-corrected chi connectivity index (χ3v) is 1.31. The summed E-state index contributed by atoms with van der Waals surface area (Å²) < 4.78 is 0. The van der Waals surface area contributed by atoms with E-state index in [1.807, 2.05) is 27.7 Å². The monoisotopic (exact) mass is 145 g/mol. The van der Waals surface area contributed by atoms with E-state index in [1.54, 1.807) is 0 Å². The molecule has 0 saturated carbocycles. The average molecular weight is 145 g/mol. The minimum Gasteiger partial charge on any atom is -0.316 e. The molecule has 0 spiro atoms. The van der Waals surface area contributed by atoms with Crippen LogP contribution in [-0.4, -0.2) is 13.1 Å². The lowest BCUT2D eigenvalue weighted by Crippen LogP contribution is -2.06. The first-order valence-corrected chi connectivity index (χ1v) is 4.60. The molecular weight excluding hydrogens is 122 g/mol. The van der Waals surface area contributed by atoms with Crippen LogP contribution in [-0.2, 0) is 0 Å². The molecule has 1 fully saturated rings. The van der Waals surface area contributed by atoms with Crippen LogP contribution in [0, 0.1) is 5.92 Å². The van der Waals surface area contributed by atoms with E-state index in [0.29, 0.717) is 0 Å². The predicted octanol–water partition coefficient (Wildman–Crippen LogP) is 2.67. The van der Waals surface area contributed by atoms with E-state index in [2.05, 4.69) is 12.2 Å². The molecule has 0 amide bonds. The van der Waals surface area contributed by atoms with Crippen LogP contribution in [0.25, 0.3) is 0 Å². The summed E-state index contributed by atoms with van der Waals surface area (Å²) in [7, 11) is 0. The molecule has 0 aromatic rings. The Hall–Kier alpha value is -0.0400. The first-order valence-electron chi connectivity index (χ1n) is 4.60. The van der Waals surface area contributed by atoms with E-state index in [1.165, 1.54) is 19.5 Å². The first-order chi connectivity index (χ1) is 4.89. The lowest BCUT2D eigenvalue weighted by atomic mass is 10.2. The van der Waals surface area contributed by atoms with Gasteiger partial charge in [-0.3, -0.25) is 0 Å². The highest BCUT2D eigenvalue weighted by Gasteiger charge is 2.06. The summed E-state index contributed by atoms with van der Waals surface area (Å²) in [6.07, 6.45) is 1.38. The molecule has 1 aliphatic rings. The maximum absolute atomic E-state index is 3.27. The lowest BCUT2D eigenvalue weighted by Gasteiger charge is -1.90. The number of hydrogen-bond acceptors (Lipinski definition) is 1. The molecule has 1 heterocycles. The maximum atomic E-state index is 3.27. The van der Waals surface area contributed by atoms with Crippen LogP contribution in [0.5, 0.6) is 0 Å². The summed E-state index contributed by atoms with van der Waals surface area (Å²) in [4.78, 5) is 0. The van der Waals surface area contributed by atoms with Gasteiger partial charge in [0.15, 0.2) is 0 Å². The van der Waals surface area contributed by atoms with Gasteiger partial charge in [0.25, 0.3) is 0 Å². The fraction of sp³-hybridized carbons (Fsp3) is 1.00. The second kappa shape index (κ2) is 11.7. The van der Waals surface area contributed by atoms with Gasteiger partial charge in [-0.05, 0) is 25.4 Å².